The minimum Gasteiger partial charge on any atom is -0.454 e. The standard InChI is InChI=1S/C16H12N2O4/c1-3-13-15(21-9-19-13)5-11(1)7-17-18-8-12-2-4-14-16(6-12)22-10-20-14/h1-8H,9-10H2. The Morgan fingerprint density at radius 1 is 0.636 bits per heavy atom. The molecule has 2 aliphatic rings. The lowest BCUT2D eigenvalue weighted by atomic mass is 10.2. The van der Waals surface area contributed by atoms with Crippen LogP contribution in [0.1, 0.15) is 11.1 Å². The van der Waals surface area contributed by atoms with Crippen LogP contribution in [0.3, 0.4) is 0 Å². The monoisotopic (exact) mass is 296 g/mol. The van der Waals surface area contributed by atoms with Crippen molar-refractivity contribution in [3.63, 3.8) is 0 Å². The number of hydrogen-bond donors (Lipinski definition) is 0. The van der Waals surface area contributed by atoms with E-state index in [1.807, 2.05) is 36.4 Å². The first kappa shape index (κ1) is 12.7. The molecule has 0 aliphatic carbocycles. The first-order chi connectivity index (χ1) is 10.9. The molecule has 0 aromatic heterocycles. The Hall–Kier alpha value is -3.02. The summed E-state index contributed by atoms with van der Waals surface area (Å²) in [4.78, 5) is 0. The molecule has 0 saturated carbocycles. The number of rotatable bonds is 3. The Balaban J connectivity index is 1.45. The molecule has 0 unspecified atom stereocenters. The van der Waals surface area contributed by atoms with Crippen LogP contribution < -0.4 is 18.9 Å². The normalized spacial score (nSPS) is 15.1. The summed E-state index contributed by atoms with van der Waals surface area (Å²) >= 11 is 0. The average Bonchev–Trinajstić information content (AvgIpc) is 3.19. The molecule has 0 bridgehead atoms. The van der Waals surface area contributed by atoms with E-state index in [1.165, 1.54) is 0 Å². The predicted octanol–water partition coefficient (Wildman–Crippen LogP) is 2.60. The summed E-state index contributed by atoms with van der Waals surface area (Å²) in [6, 6.07) is 11.2. The molecule has 0 atom stereocenters. The largest absolute Gasteiger partial charge is 0.454 e. The third kappa shape index (κ3) is 2.46. The molecule has 110 valence electrons. The van der Waals surface area contributed by atoms with Crippen LogP contribution >= 0.6 is 0 Å². The summed E-state index contributed by atoms with van der Waals surface area (Å²) in [6.45, 7) is 0.524. The molecule has 2 aromatic carbocycles. The number of ether oxygens (including phenoxy) is 4. The lowest BCUT2D eigenvalue weighted by Gasteiger charge is -1.97. The molecule has 0 amide bonds. The highest BCUT2D eigenvalue weighted by atomic mass is 16.7. The van der Waals surface area contributed by atoms with E-state index in [1.54, 1.807) is 12.4 Å². The fraction of sp³-hybridized carbons (Fsp3) is 0.125. The minimum atomic E-state index is 0.262. The molecule has 4 rings (SSSR count). The molecule has 2 aliphatic heterocycles. The Bertz CT molecular complexity index is 705. The zero-order valence-electron chi connectivity index (χ0n) is 11.6. The molecule has 0 N–H and O–H groups in total. The van der Waals surface area contributed by atoms with E-state index < -0.39 is 0 Å². The number of benzene rings is 2. The first-order valence-corrected chi connectivity index (χ1v) is 6.74. The SMILES string of the molecule is C(=NN=Cc1ccc2c(c1)OCO2)c1ccc2c(c1)OCO2. The molecule has 2 aromatic rings. The Labute approximate surface area is 126 Å². The maximum atomic E-state index is 5.31. The van der Waals surface area contributed by atoms with Crippen molar-refractivity contribution in [2.75, 3.05) is 13.6 Å². The summed E-state index contributed by atoms with van der Waals surface area (Å²) < 4.78 is 21.1. The molecular weight excluding hydrogens is 284 g/mol. The summed E-state index contributed by atoms with van der Waals surface area (Å²) in [6.07, 6.45) is 3.32. The van der Waals surface area contributed by atoms with Gasteiger partial charge in [0.15, 0.2) is 23.0 Å². The van der Waals surface area contributed by atoms with Crippen molar-refractivity contribution in [1.82, 2.24) is 0 Å². The van der Waals surface area contributed by atoms with Crippen molar-refractivity contribution >= 4 is 12.4 Å². The van der Waals surface area contributed by atoms with Gasteiger partial charge in [-0.1, -0.05) is 0 Å². The van der Waals surface area contributed by atoms with Crippen LogP contribution in [-0.4, -0.2) is 26.0 Å². The molecule has 0 spiro atoms. The lowest BCUT2D eigenvalue weighted by Crippen LogP contribution is -1.92. The zero-order valence-corrected chi connectivity index (χ0v) is 11.6. The molecule has 0 saturated heterocycles. The van der Waals surface area contributed by atoms with Gasteiger partial charge in [-0.3, -0.25) is 0 Å². The van der Waals surface area contributed by atoms with Gasteiger partial charge in [0.1, 0.15) is 0 Å². The van der Waals surface area contributed by atoms with Crippen LogP contribution in [0.5, 0.6) is 23.0 Å². The second-order valence-corrected chi connectivity index (χ2v) is 4.71. The number of hydrogen-bond acceptors (Lipinski definition) is 6. The average molecular weight is 296 g/mol. The van der Waals surface area contributed by atoms with Crippen molar-refractivity contribution in [3.8, 4) is 23.0 Å². The number of fused-ring (bicyclic) bond motifs is 2. The van der Waals surface area contributed by atoms with E-state index in [0.717, 1.165) is 34.1 Å². The Kier molecular flexibility index (Phi) is 3.12. The minimum absolute atomic E-state index is 0.262. The Morgan fingerprint density at radius 2 is 1.09 bits per heavy atom. The maximum Gasteiger partial charge on any atom is 0.231 e. The summed E-state index contributed by atoms with van der Waals surface area (Å²) in [7, 11) is 0. The predicted molar refractivity (Wildman–Crippen MR) is 80.3 cm³/mol. The fourth-order valence-corrected chi connectivity index (χ4v) is 2.19. The van der Waals surface area contributed by atoms with Crippen LogP contribution in [0.15, 0.2) is 46.6 Å². The second-order valence-electron chi connectivity index (χ2n) is 4.71. The summed E-state index contributed by atoms with van der Waals surface area (Å²) in [5.74, 6) is 2.95. The van der Waals surface area contributed by atoms with Gasteiger partial charge in [0.2, 0.25) is 13.6 Å². The molecule has 2 heterocycles. The molecule has 6 heteroatoms. The van der Waals surface area contributed by atoms with Gasteiger partial charge in [-0.25, -0.2) is 0 Å². The van der Waals surface area contributed by atoms with Gasteiger partial charge in [-0.15, -0.1) is 0 Å². The van der Waals surface area contributed by atoms with Crippen LogP contribution in [0.2, 0.25) is 0 Å². The maximum absolute atomic E-state index is 5.31. The molecule has 22 heavy (non-hydrogen) atoms. The van der Waals surface area contributed by atoms with Crippen molar-refractivity contribution in [2.45, 2.75) is 0 Å². The van der Waals surface area contributed by atoms with Gasteiger partial charge >= 0.3 is 0 Å². The van der Waals surface area contributed by atoms with Gasteiger partial charge in [-0.2, -0.15) is 10.2 Å². The fourth-order valence-electron chi connectivity index (χ4n) is 2.19. The highest BCUT2D eigenvalue weighted by Gasteiger charge is 2.13. The number of nitrogens with zero attached hydrogens (tertiary/aromatic N) is 2. The first-order valence-electron chi connectivity index (χ1n) is 6.74. The van der Waals surface area contributed by atoms with E-state index in [2.05, 4.69) is 10.2 Å². The van der Waals surface area contributed by atoms with Crippen molar-refractivity contribution < 1.29 is 18.9 Å². The molecule has 0 fully saturated rings. The van der Waals surface area contributed by atoms with Gasteiger partial charge in [0.05, 0.1) is 12.4 Å². The second kappa shape index (κ2) is 5.40. The van der Waals surface area contributed by atoms with Crippen molar-refractivity contribution in [2.24, 2.45) is 10.2 Å². The zero-order chi connectivity index (χ0) is 14.8. The third-order valence-electron chi connectivity index (χ3n) is 3.27. The highest BCUT2D eigenvalue weighted by Crippen LogP contribution is 2.32. The van der Waals surface area contributed by atoms with Gasteiger partial charge in [0, 0.05) is 0 Å². The van der Waals surface area contributed by atoms with Crippen LogP contribution in [-0.2, 0) is 0 Å². The Morgan fingerprint density at radius 3 is 1.59 bits per heavy atom. The molecular formula is C16H12N2O4. The smallest absolute Gasteiger partial charge is 0.231 e. The van der Waals surface area contributed by atoms with Gasteiger partial charge in [-0.05, 0) is 47.5 Å². The summed E-state index contributed by atoms with van der Waals surface area (Å²) in [5.41, 5.74) is 1.79. The summed E-state index contributed by atoms with van der Waals surface area (Å²) in [5, 5.41) is 8.06. The van der Waals surface area contributed by atoms with E-state index in [9.17, 15) is 0 Å². The highest BCUT2D eigenvalue weighted by molar-refractivity contribution is 5.84. The lowest BCUT2D eigenvalue weighted by molar-refractivity contribution is 0.173. The topological polar surface area (TPSA) is 61.6 Å². The van der Waals surface area contributed by atoms with E-state index >= 15 is 0 Å². The molecule has 6 nitrogen and oxygen atoms in total. The van der Waals surface area contributed by atoms with Crippen LogP contribution in [0.25, 0.3) is 0 Å². The van der Waals surface area contributed by atoms with Crippen molar-refractivity contribution in [3.05, 3.63) is 47.5 Å². The van der Waals surface area contributed by atoms with E-state index in [-0.39, 0.29) is 13.6 Å². The van der Waals surface area contributed by atoms with E-state index in [4.69, 9.17) is 18.9 Å². The van der Waals surface area contributed by atoms with Crippen molar-refractivity contribution in [1.29, 1.82) is 0 Å². The molecule has 0 radical (unpaired) electrons. The van der Waals surface area contributed by atoms with Crippen LogP contribution in [0.4, 0.5) is 0 Å². The van der Waals surface area contributed by atoms with Gasteiger partial charge < -0.3 is 18.9 Å². The third-order valence-corrected chi connectivity index (χ3v) is 3.27. The van der Waals surface area contributed by atoms with Crippen LogP contribution in [0, 0.1) is 0 Å². The van der Waals surface area contributed by atoms with Gasteiger partial charge in [0.25, 0.3) is 0 Å². The van der Waals surface area contributed by atoms with E-state index in [0.29, 0.717) is 0 Å². The quantitative estimate of drug-likeness (QED) is 0.645.